The highest BCUT2D eigenvalue weighted by Crippen LogP contribution is 2.17. The molecule has 0 saturated carbocycles. The highest BCUT2D eigenvalue weighted by Gasteiger charge is 2.13. The summed E-state index contributed by atoms with van der Waals surface area (Å²) in [6.07, 6.45) is 0. The third kappa shape index (κ3) is 1.25. The van der Waals surface area contributed by atoms with E-state index in [4.69, 9.17) is 0 Å². The highest BCUT2D eigenvalue weighted by atomic mass is 32.2. The van der Waals surface area contributed by atoms with E-state index in [1.54, 1.807) is 0 Å². The van der Waals surface area contributed by atoms with Gasteiger partial charge in [0, 0.05) is 5.75 Å². The Balaban J connectivity index is 2.36. The first kappa shape index (κ1) is 6.14. The standard InChI is InChI=1S/C6H11NS/c1-5(2)6-3-8-4-7-6/h4-6H,3H2,1-2H3/t6-/m1/s1. The lowest BCUT2D eigenvalue weighted by Crippen LogP contribution is -2.11. The molecule has 2 heteroatoms. The van der Waals surface area contributed by atoms with Crippen molar-refractivity contribution in [1.82, 2.24) is 0 Å². The number of thioether (sulfide) groups is 1. The van der Waals surface area contributed by atoms with Crippen molar-refractivity contribution >= 4 is 17.3 Å². The molecule has 8 heavy (non-hydrogen) atoms. The summed E-state index contributed by atoms with van der Waals surface area (Å²) in [6, 6.07) is 0.597. The molecule has 1 heterocycles. The lowest BCUT2D eigenvalue weighted by Gasteiger charge is -2.07. The summed E-state index contributed by atoms with van der Waals surface area (Å²) < 4.78 is 0. The summed E-state index contributed by atoms with van der Waals surface area (Å²) in [7, 11) is 0. The van der Waals surface area contributed by atoms with Crippen LogP contribution in [0.1, 0.15) is 13.8 Å². The molecule has 1 aliphatic rings. The predicted molar refractivity (Wildman–Crippen MR) is 39.6 cm³/mol. The van der Waals surface area contributed by atoms with Gasteiger partial charge in [0.15, 0.2) is 0 Å². The summed E-state index contributed by atoms with van der Waals surface area (Å²) in [6.45, 7) is 4.43. The molecule has 1 rings (SSSR count). The molecule has 0 fully saturated rings. The second-order valence-corrected chi connectivity index (χ2v) is 3.28. The molecule has 0 N–H and O–H groups in total. The van der Waals surface area contributed by atoms with Gasteiger partial charge in [0.25, 0.3) is 0 Å². The molecule has 0 radical (unpaired) electrons. The van der Waals surface area contributed by atoms with Crippen LogP contribution in [-0.4, -0.2) is 17.3 Å². The van der Waals surface area contributed by atoms with Crippen molar-refractivity contribution in [2.75, 3.05) is 5.75 Å². The summed E-state index contributed by atoms with van der Waals surface area (Å²) in [5, 5.41) is 0. The Kier molecular flexibility index (Phi) is 1.95. The van der Waals surface area contributed by atoms with Crippen LogP contribution in [0.5, 0.6) is 0 Å². The maximum absolute atomic E-state index is 4.27. The number of hydrogen-bond acceptors (Lipinski definition) is 2. The maximum Gasteiger partial charge on any atom is 0.0622 e. The van der Waals surface area contributed by atoms with Crippen molar-refractivity contribution in [1.29, 1.82) is 0 Å². The van der Waals surface area contributed by atoms with Crippen molar-refractivity contribution < 1.29 is 0 Å². The smallest absolute Gasteiger partial charge is 0.0622 e. The monoisotopic (exact) mass is 129 g/mol. The van der Waals surface area contributed by atoms with E-state index in [0.29, 0.717) is 6.04 Å². The van der Waals surface area contributed by atoms with Gasteiger partial charge < -0.3 is 0 Å². The van der Waals surface area contributed by atoms with Crippen molar-refractivity contribution in [2.45, 2.75) is 19.9 Å². The average Bonchev–Trinajstić information content (AvgIpc) is 2.12. The van der Waals surface area contributed by atoms with Crippen LogP contribution in [0.4, 0.5) is 0 Å². The summed E-state index contributed by atoms with van der Waals surface area (Å²) in [5.41, 5.74) is 1.96. The van der Waals surface area contributed by atoms with Gasteiger partial charge in [0.05, 0.1) is 11.6 Å². The molecule has 46 valence electrons. The molecule has 1 aliphatic heterocycles. The van der Waals surface area contributed by atoms with Crippen molar-refractivity contribution in [3.05, 3.63) is 0 Å². The Morgan fingerprint density at radius 1 is 1.75 bits per heavy atom. The highest BCUT2D eigenvalue weighted by molar-refractivity contribution is 8.12. The molecule has 0 amide bonds. The van der Waals surface area contributed by atoms with Gasteiger partial charge in [-0.15, -0.1) is 11.8 Å². The first-order valence-electron chi connectivity index (χ1n) is 2.94. The van der Waals surface area contributed by atoms with Crippen LogP contribution in [0, 0.1) is 5.92 Å². The topological polar surface area (TPSA) is 12.4 Å². The minimum Gasteiger partial charge on any atom is -0.282 e. The molecule has 0 aromatic rings. The van der Waals surface area contributed by atoms with Crippen LogP contribution in [-0.2, 0) is 0 Å². The van der Waals surface area contributed by atoms with Crippen LogP contribution in [0.15, 0.2) is 4.99 Å². The maximum atomic E-state index is 4.27. The van der Waals surface area contributed by atoms with Gasteiger partial charge >= 0.3 is 0 Å². The minimum atomic E-state index is 0.597. The van der Waals surface area contributed by atoms with E-state index in [0.717, 1.165) is 5.92 Å². The van der Waals surface area contributed by atoms with E-state index < -0.39 is 0 Å². The van der Waals surface area contributed by atoms with Crippen LogP contribution < -0.4 is 0 Å². The van der Waals surface area contributed by atoms with Crippen molar-refractivity contribution in [3.8, 4) is 0 Å². The molecule has 0 aliphatic carbocycles. The third-order valence-electron chi connectivity index (χ3n) is 1.36. The molecule has 0 spiro atoms. The molecule has 0 saturated heterocycles. The first-order chi connectivity index (χ1) is 3.80. The molecular weight excluding hydrogens is 118 g/mol. The van der Waals surface area contributed by atoms with Gasteiger partial charge in [-0.1, -0.05) is 13.8 Å². The fourth-order valence-corrected chi connectivity index (χ4v) is 1.67. The van der Waals surface area contributed by atoms with Crippen molar-refractivity contribution in [3.63, 3.8) is 0 Å². The van der Waals surface area contributed by atoms with E-state index in [-0.39, 0.29) is 0 Å². The molecule has 0 aromatic heterocycles. The van der Waals surface area contributed by atoms with Gasteiger partial charge in [0.2, 0.25) is 0 Å². The largest absolute Gasteiger partial charge is 0.282 e. The summed E-state index contributed by atoms with van der Waals surface area (Å²) in [5.74, 6) is 1.92. The van der Waals surface area contributed by atoms with E-state index in [1.807, 2.05) is 17.3 Å². The SMILES string of the molecule is CC(C)[C@H]1CSC=N1. The second-order valence-electron chi connectivity index (χ2n) is 2.40. The Labute approximate surface area is 54.6 Å². The summed E-state index contributed by atoms with van der Waals surface area (Å²) >= 11 is 1.82. The quantitative estimate of drug-likeness (QED) is 0.525. The number of nitrogens with zero attached hydrogens (tertiary/aromatic N) is 1. The first-order valence-corrected chi connectivity index (χ1v) is 3.99. The predicted octanol–water partition coefficient (Wildman–Crippen LogP) is 1.79. The number of aliphatic imine (C=N–C) groups is 1. The van der Waals surface area contributed by atoms with Crippen LogP contribution in [0.3, 0.4) is 0 Å². The van der Waals surface area contributed by atoms with E-state index >= 15 is 0 Å². The normalized spacial score (nSPS) is 27.6. The van der Waals surface area contributed by atoms with Gasteiger partial charge in [0.1, 0.15) is 0 Å². The minimum absolute atomic E-state index is 0.597. The third-order valence-corrected chi connectivity index (χ3v) is 2.17. The van der Waals surface area contributed by atoms with Crippen LogP contribution >= 0.6 is 11.8 Å². The zero-order valence-electron chi connectivity index (χ0n) is 5.29. The lowest BCUT2D eigenvalue weighted by molar-refractivity contribution is 0.544. The van der Waals surface area contributed by atoms with E-state index in [9.17, 15) is 0 Å². The Morgan fingerprint density at radius 3 is 2.75 bits per heavy atom. The second kappa shape index (κ2) is 2.53. The van der Waals surface area contributed by atoms with E-state index in [1.165, 1.54) is 5.75 Å². The molecule has 1 atom stereocenters. The summed E-state index contributed by atoms with van der Waals surface area (Å²) in [4.78, 5) is 4.27. The average molecular weight is 129 g/mol. The van der Waals surface area contributed by atoms with Crippen LogP contribution in [0.25, 0.3) is 0 Å². The van der Waals surface area contributed by atoms with E-state index in [2.05, 4.69) is 18.8 Å². The molecule has 0 bridgehead atoms. The van der Waals surface area contributed by atoms with Crippen molar-refractivity contribution in [2.24, 2.45) is 10.9 Å². The number of rotatable bonds is 1. The molecule has 1 nitrogen and oxygen atoms in total. The molecule has 0 unspecified atom stereocenters. The number of hydrogen-bond donors (Lipinski definition) is 0. The Bertz CT molecular complexity index is 98.7. The zero-order chi connectivity index (χ0) is 5.98. The van der Waals surface area contributed by atoms with Gasteiger partial charge in [-0.2, -0.15) is 0 Å². The molecule has 0 aromatic carbocycles. The van der Waals surface area contributed by atoms with Gasteiger partial charge in [-0.25, -0.2) is 0 Å². The molecular formula is C6H11NS. The fraction of sp³-hybridized carbons (Fsp3) is 0.833. The fourth-order valence-electron chi connectivity index (χ4n) is 0.670. The lowest BCUT2D eigenvalue weighted by atomic mass is 10.1. The van der Waals surface area contributed by atoms with Crippen LogP contribution in [0.2, 0.25) is 0 Å². The zero-order valence-corrected chi connectivity index (χ0v) is 6.11. The van der Waals surface area contributed by atoms with Gasteiger partial charge in [-0.05, 0) is 5.92 Å². The Morgan fingerprint density at radius 2 is 2.50 bits per heavy atom. The Hall–Kier alpha value is 0.0200. The van der Waals surface area contributed by atoms with Gasteiger partial charge in [-0.3, -0.25) is 4.99 Å².